The summed E-state index contributed by atoms with van der Waals surface area (Å²) in [7, 11) is 0. The van der Waals surface area contributed by atoms with E-state index in [1.54, 1.807) is 41.2 Å². The summed E-state index contributed by atoms with van der Waals surface area (Å²) in [5.74, 6) is 0.833. The lowest BCUT2D eigenvalue weighted by atomic mass is 10.1. The zero-order chi connectivity index (χ0) is 22.5. The third-order valence-electron chi connectivity index (χ3n) is 4.68. The largest absolute Gasteiger partial charge is 0.487 e. The molecule has 0 atom stereocenters. The van der Waals surface area contributed by atoms with E-state index < -0.39 is 0 Å². The van der Waals surface area contributed by atoms with Crippen LogP contribution in [0.4, 0.5) is 5.82 Å². The first-order valence-corrected chi connectivity index (χ1v) is 11.3. The van der Waals surface area contributed by atoms with Gasteiger partial charge < -0.3 is 10.1 Å². The average molecular weight is 531 g/mol. The standard InChI is InChI=1S/C24H18BrCl2N3O2/c25-19-9-10-22(21(27)13-19)32-15-16-5-7-17(8-6-16)24(31)28-23-11-12-30(29-23)14-18-3-1-2-4-20(18)26/h1-13H,14-15H2,(H,28,29,31). The fraction of sp³-hybridized carbons (Fsp3) is 0.0833. The third kappa shape index (κ3) is 5.71. The van der Waals surface area contributed by atoms with Crippen LogP contribution in [0.1, 0.15) is 21.5 Å². The molecule has 0 saturated carbocycles. The lowest BCUT2D eigenvalue weighted by Gasteiger charge is -2.09. The van der Waals surface area contributed by atoms with Crippen LogP contribution < -0.4 is 10.1 Å². The van der Waals surface area contributed by atoms with Crippen LogP contribution in [0, 0.1) is 0 Å². The number of aromatic nitrogens is 2. The fourth-order valence-corrected chi connectivity index (χ4v) is 3.94. The molecule has 4 aromatic rings. The highest BCUT2D eigenvalue weighted by atomic mass is 79.9. The highest BCUT2D eigenvalue weighted by molar-refractivity contribution is 9.10. The Hall–Kier alpha value is -2.80. The number of amides is 1. The van der Waals surface area contributed by atoms with Crippen molar-refractivity contribution in [2.24, 2.45) is 0 Å². The Labute approximate surface area is 204 Å². The highest BCUT2D eigenvalue weighted by Gasteiger charge is 2.10. The molecule has 3 aromatic carbocycles. The van der Waals surface area contributed by atoms with Crippen LogP contribution >= 0.6 is 39.1 Å². The van der Waals surface area contributed by atoms with E-state index >= 15 is 0 Å². The van der Waals surface area contributed by atoms with E-state index in [0.29, 0.717) is 40.3 Å². The number of carbonyl (C=O) groups is 1. The first-order chi connectivity index (χ1) is 15.5. The lowest BCUT2D eigenvalue weighted by Crippen LogP contribution is -2.13. The molecule has 0 aliphatic rings. The molecular weight excluding hydrogens is 513 g/mol. The summed E-state index contributed by atoms with van der Waals surface area (Å²) in [6, 6.07) is 22.0. The van der Waals surface area contributed by atoms with Gasteiger partial charge in [-0.15, -0.1) is 0 Å². The van der Waals surface area contributed by atoms with Gasteiger partial charge in [-0.3, -0.25) is 9.48 Å². The van der Waals surface area contributed by atoms with Gasteiger partial charge in [0.1, 0.15) is 12.4 Å². The highest BCUT2D eigenvalue weighted by Crippen LogP contribution is 2.28. The third-order valence-corrected chi connectivity index (χ3v) is 5.83. The topological polar surface area (TPSA) is 56.2 Å². The number of halogens is 3. The second-order valence-electron chi connectivity index (χ2n) is 7.00. The van der Waals surface area contributed by atoms with Crippen LogP contribution in [0.3, 0.4) is 0 Å². The minimum Gasteiger partial charge on any atom is -0.487 e. The van der Waals surface area contributed by atoms with Crippen molar-refractivity contribution in [2.75, 3.05) is 5.32 Å². The smallest absolute Gasteiger partial charge is 0.256 e. The van der Waals surface area contributed by atoms with Crippen molar-refractivity contribution in [1.82, 2.24) is 9.78 Å². The van der Waals surface area contributed by atoms with E-state index in [9.17, 15) is 4.79 Å². The van der Waals surface area contributed by atoms with E-state index in [-0.39, 0.29) is 5.91 Å². The van der Waals surface area contributed by atoms with E-state index in [2.05, 4.69) is 26.3 Å². The van der Waals surface area contributed by atoms with E-state index in [1.807, 2.05) is 42.5 Å². The molecule has 5 nitrogen and oxygen atoms in total. The van der Waals surface area contributed by atoms with E-state index in [1.165, 1.54) is 0 Å². The number of anilines is 1. The predicted molar refractivity (Wildman–Crippen MR) is 131 cm³/mol. The molecule has 0 saturated heterocycles. The molecular formula is C24H18BrCl2N3O2. The summed E-state index contributed by atoms with van der Waals surface area (Å²) in [4.78, 5) is 12.6. The van der Waals surface area contributed by atoms with Crippen LogP contribution in [-0.4, -0.2) is 15.7 Å². The van der Waals surface area contributed by atoms with Crippen molar-refractivity contribution in [2.45, 2.75) is 13.2 Å². The Balaban J connectivity index is 1.34. The maximum atomic E-state index is 12.6. The molecule has 0 bridgehead atoms. The van der Waals surface area contributed by atoms with Gasteiger partial charge in [0.15, 0.2) is 5.82 Å². The predicted octanol–water partition coefficient (Wildman–Crippen LogP) is 6.83. The van der Waals surface area contributed by atoms with Crippen LogP contribution in [0.25, 0.3) is 0 Å². The van der Waals surface area contributed by atoms with Gasteiger partial charge in [0.2, 0.25) is 0 Å². The van der Waals surface area contributed by atoms with Crippen molar-refractivity contribution in [3.05, 3.63) is 110 Å². The number of ether oxygens (including phenoxy) is 1. The fourth-order valence-electron chi connectivity index (χ4n) is 3.01. The molecule has 8 heteroatoms. The molecule has 1 aromatic heterocycles. The summed E-state index contributed by atoms with van der Waals surface area (Å²) in [5, 5.41) is 8.42. The first-order valence-electron chi connectivity index (χ1n) is 9.73. The van der Waals surface area contributed by atoms with Crippen LogP contribution in [0.5, 0.6) is 5.75 Å². The zero-order valence-corrected chi connectivity index (χ0v) is 19.9. The SMILES string of the molecule is O=C(Nc1ccn(Cc2ccccc2Cl)n1)c1ccc(COc2ccc(Br)cc2Cl)cc1. The average Bonchev–Trinajstić information content (AvgIpc) is 3.22. The van der Waals surface area contributed by atoms with Gasteiger partial charge in [-0.1, -0.05) is 69.5 Å². The molecule has 0 aliphatic carbocycles. The molecule has 0 aliphatic heterocycles. The zero-order valence-electron chi connectivity index (χ0n) is 16.8. The number of nitrogens with one attached hydrogen (secondary N) is 1. The van der Waals surface area contributed by atoms with Crippen molar-refractivity contribution in [3.8, 4) is 5.75 Å². The van der Waals surface area contributed by atoms with Gasteiger partial charge >= 0.3 is 0 Å². The maximum absolute atomic E-state index is 12.6. The molecule has 1 N–H and O–H groups in total. The molecule has 0 spiro atoms. The normalized spacial score (nSPS) is 10.7. The molecule has 0 fully saturated rings. The quantitative estimate of drug-likeness (QED) is 0.285. The van der Waals surface area contributed by atoms with E-state index in [0.717, 1.165) is 15.6 Å². The monoisotopic (exact) mass is 529 g/mol. The Bertz CT molecular complexity index is 1240. The number of hydrogen-bond donors (Lipinski definition) is 1. The Morgan fingerprint density at radius 3 is 2.53 bits per heavy atom. The molecule has 0 radical (unpaired) electrons. The van der Waals surface area contributed by atoms with Crippen molar-refractivity contribution < 1.29 is 9.53 Å². The molecule has 1 heterocycles. The number of benzene rings is 3. The number of rotatable bonds is 7. The van der Waals surface area contributed by atoms with Crippen LogP contribution in [-0.2, 0) is 13.2 Å². The number of hydrogen-bond acceptors (Lipinski definition) is 3. The van der Waals surface area contributed by atoms with Gasteiger partial charge in [0.25, 0.3) is 5.91 Å². The maximum Gasteiger partial charge on any atom is 0.256 e. The molecule has 1 amide bonds. The lowest BCUT2D eigenvalue weighted by molar-refractivity contribution is 0.102. The second-order valence-corrected chi connectivity index (χ2v) is 8.73. The van der Waals surface area contributed by atoms with Crippen molar-refractivity contribution in [3.63, 3.8) is 0 Å². The Morgan fingerprint density at radius 2 is 1.78 bits per heavy atom. The molecule has 4 rings (SSSR count). The summed E-state index contributed by atoms with van der Waals surface area (Å²) in [6.45, 7) is 0.863. The second kappa shape index (κ2) is 10.2. The van der Waals surface area contributed by atoms with Crippen LogP contribution in [0.2, 0.25) is 10.0 Å². The molecule has 162 valence electrons. The Morgan fingerprint density at radius 1 is 1.00 bits per heavy atom. The van der Waals surface area contributed by atoms with Gasteiger partial charge in [0.05, 0.1) is 11.6 Å². The van der Waals surface area contributed by atoms with Gasteiger partial charge in [-0.25, -0.2) is 0 Å². The minimum atomic E-state index is -0.239. The van der Waals surface area contributed by atoms with Crippen molar-refractivity contribution in [1.29, 1.82) is 0 Å². The number of nitrogens with zero attached hydrogens (tertiary/aromatic N) is 2. The van der Waals surface area contributed by atoms with Gasteiger partial charge in [-0.05, 0) is 47.5 Å². The summed E-state index contributed by atoms with van der Waals surface area (Å²) >= 11 is 15.7. The first kappa shape index (κ1) is 22.4. The van der Waals surface area contributed by atoms with Crippen LogP contribution in [0.15, 0.2) is 83.5 Å². The molecule has 0 unspecified atom stereocenters. The summed E-state index contributed by atoms with van der Waals surface area (Å²) in [6.07, 6.45) is 1.80. The summed E-state index contributed by atoms with van der Waals surface area (Å²) < 4.78 is 8.37. The Kier molecular flexibility index (Phi) is 7.15. The number of carbonyl (C=O) groups excluding carboxylic acids is 1. The van der Waals surface area contributed by atoms with Gasteiger partial charge in [0, 0.05) is 27.3 Å². The van der Waals surface area contributed by atoms with E-state index in [4.69, 9.17) is 27.9 Å². The minimum absolute atomic E-state index is 0.239. The van der Waals surface area contributed by atoms with Gasteiger partial charge in [-0.2, -0.15) is 5.10 Å². The van der Waals surface area contributed by atoms with Crippen molar-refractivity contribution >= 4 is 50.9 Å². The molecule has 32 heavy (non-hydrogen) atoms. The summed E-state index contributed by atoms with van der Waals surface area (Å²) in [5.41, 5.74) is 2.40.